The van der Waals surface area contributed by atoms with Crippen LogP contribution in [-0.2, 0) is 19.6 Å². The number of hydrogen-bond acceptors (Lipinski definition) is 5. The summed E-state index contributed by atoms with van der Waals surface area (Å²) >= 11 is 0. The van der Waals surface area contributed by atoms with Gasteiger partial charge in [-0.05, 0) is 60.9 Å². The monoisotopic (exact) mass is 441 g/mol. The van der Waals surface area contributed by atoms with Gasteiger partial charge < -0.3 is 9.47 Å². The van der Waals surface area contributed by atoms with Crippen LogP contribution in [0.4, 0.5) is 0 Å². The van der Waals surface area contributed by atoms with E-state index in [-0.39, 0.29) is 24.0 Å². The normalized spacial score (nSPS) is 12.5. The fourth-order valence-electron chi connectivity index (χ4n) is 3.15. The topological polar surface area (TPSA) is 81.7 Å². The zero-order chi connectivity index (χ0) is 22.4. The van der Waals surface area contributed by atoms with Crippen molar-refractivity contribution in [3.8, 4) is 5.75 Å². The molecule has 3 aromatic carbocycles. The number of carbonyl (C=O) groups is 1. The molecule has 0 aromatic heterocycles. The number of hydrogen-bond donors (Lipinski definition) is 1. The maximum Gasteiger partial charge on any atom is 0.313 e. The molecule has 3 rings (SSSR count). The van der Waals surface area contributed by atoms with Gasteiger partial charge in [0.05, 0.1) is 24.5 Å². The zero-order valence-electron chi connectivity index (χ0n) is 17.9. The number of fused-ring (bicyclic) bond motifs is 1. The summed E-state index contributed by atoms with van der Waals surface area (Å²) in [4.78, 5) is 12.6. The second kappa shape index (κ2) is 9.94. The van der Waals surface area contributed by atoms with Crippen LogP contribution in [0.15, 0.2) is 65.6 Å². The maximum atomic E-state index is 12.4. The molecule has 6 nitrogen and oxygen atoms in total. The van der Waals surface area contributed by atoms with E-state index in [0.717, 1.165) is 27.6 Å². The predicted octanol–water partition coefficient (Wildman–Crippen LogP) is 4.17. The Balaban J connectivity index is 1.49. The molecule has 0 aliphatic heterocycles. The molecule has 0 saturated carbocycles. The minimum absolute atomic E-state index is 0.143. The Labute approximate surface area is 183 Å². The van der Waals surface area contributed by atoms with Gasteiger partial charge in [-0.2, -0.15) is 0 Å². The fourth-order valence-corrected chi connectivity index (χ4v) is 4.23. The highest BCUT2D eigenvalue weighted by molar-refractivity contribution is 7.89. The lowest BCUT2D eigenvalue weighted by molar-refractivity contribution is -0.145. The maximum absolute atomic E-state index is 12.4. The molecule has 0 aliphatic carbocycles. The van der Waals surface area contributed by atoms with E-state index in [1.165, 1.54) is 0 Å². The van der Waals surface area contributed by atoms with E-state index < -0.39 is 15.9 Å². The Morgan fingerprint density at radius 3 is 2.39 bits per heavy atom. The number of rotatable bonds is 9. The van der Waals surface area contributed by atoms with Gasteiger partial charge in [-0.1, -0.05) is 42.0 Å². The van der Waals surface area contributed by atoms with Crippen molar-refractivity contribution in [2.45, 2.75) is 31.1 Å². The molecule has 164 valence electrons. The van der Waals surface area contributed by atoms with Crippen LogP contribution in [0, 0.1) is 6.92 Å². The van der Waals surface area contributed by atoms with Crippen LogP contribution in [0.3, 0.4) is 0 Å². The van der Waals surface area contributed by atoms with Gasteiger partial charge in [0.2, 0.25) is 10.0 Å². The zero-order valence-corrected chi connectivity index (χ0v) is 18.7. The highest BCUT2D eigenvalue weighted by Gasteiger charge is 2.18. The van der Waals surface area contributed by atoms with E-state index >= 15 is 0 Å². The van der Waals surface area contributed by atoms with E-state index in [9.17, 15) is 13.2 Å². The van der Waals surface area contributed by atoms with Gasteiger partial charge in [0.15, 0.2) is 0 Å². The Morgan fingerprint density at radius 1 is 1.00 bits per heavy atom. The predicted molar refractivity (Wildman–Crippen MR) is 121 cm³/mol. The summed E-state index contributed by atoms with van der Waals surface area (Å²) in [7, 11) is -1.94. The van der Waals surface area contributed by atoms with E-state index in [1.54, 1.807) is 38.3 Å². The molecule has 7 heteroatoms. The summed E-state index contributed by atoms with van der Waals surface area (Å²) in [6.45, 7) is 4.03. The standard InChI is InChI=1S/C24H27NO5S/c1-17-5-11-23(12-6-17)31(27,28)25-13-4-14-30-24(26)18(2)19-7-8-21-16-22(29-3)10-9-20(21)15-19/h5-12,15-16,18,25H,4,13-14H2,1-3H3. The molecule has 1 atom stereocenters. The van der Waals surface area contributed by atoms with Crippen molar-refractivity contribution < 1.29 is 22.7 Å². The number of carbonyl (C=O) groups excluding carboxylic acids is 1. The number of nitrogens with one attached hydrogen (secondary N) is 1. The first kappa shape index (κ1) is 22.8. The Bertz CT molecular complexity index is 1160. The SMILES string of the molecule is COc1ccc2cc(C(C)C(=O)OCCCNS(=O)(=O)c3ccc(C)cc3)ccc2c1. The van der Waals surface area contributed by atoms with Crippen molar-refractivity contribution in [2.75, 3.05) is 20.3 Å². The second-order valence-electron chi connectivity index (χ2n) is 7.43. The molecule has 0 radical (unpaired) electrons. The quantitative estimate of drug-likeness (QED) is 0.398. The molecular formula is C24H27NO5S. The number of aryl methyl sites for hydroxylation is 1. The Morgan fingerprint density at radius 2 is 1.68 bits per heavy atom. The van der Waals surface area contributed by atoms with E-state index in [0.29, 0.717) is 6.42 Å². The third kappa shape index (κ3) is 5.83. The van der Waals surface area contributed by atoms with Gasteiger partial charge in [0.1, 0.15) is 5.75 Å². The molecule has 0 spiro atoms. The van der Waals surface area contributed by atoms with Gasteiger partial charge in [-0.15, -0.1) is 0 Å². The van der Waals surface area contributed by atoms with Gasteiger partial charge in [0.25, 0.3) is 0 Å². The molecule has 0 aliphatic rings. The largest absolute Gasteiger partial charge is 0.497 e. The van der Waals surface area contributed by atoms with Crippen LogP contribution in [-0.4, -0.2) is 34.6 Å². The fraction of sp³-hybridized carbons (Fsp3) is 0.292. The molecule has 0 saturated heterocycles. The van der Waals surface area contributed by atoms with Crippen LogP contribution in [0.1, 0.15) is 30.4 Å². The average molecular weight is 442 g/mol. The van der Waals surface area contributed by atoms with Crippen molar-refractivity contribution in [1.29, 1.82) is 0 Å². The van der Waals surface area contributed by atoms with Crippen molar-refractivity contribution in [3.63, 3.8) is 0 Å². The van der Waals surface area contributed by atoms with E-state index in [4.69, 9.17) is 9.47 Å². The van der Waals surface area contributed by atoms with Crippen LogP contribution < -0.4 is 9.46 Å². The van der Waals surface area contributed by atoms with E-state index in [2.05, 4.69) is 4.72 Å². The molecule has 0 bridgehead atoms. The molecule has 0 fully saturated rings. The average Bonchev–Trinajstić information content (AvgIpc) is 2.77. The molecule has 0 amide bonds. The van der Waals surface area contributed by atoms with Crippen LogP contribution in [0.2, 0.25) is 0 Å². The lowest BCUT2D eigenvalue weighted by atomic mass is 9.98. The van der Waals surface area contributed by atoms with Crippen molar-refractivity contribution in [2.24, 2.45) is 0 Å². The van der Waals surface area contributed by atoms with Gasteiger partial charge >= 0.3 is 5.97 Å². The molecule has 0 heterocycles. The summed E-state index contributed by atoms with van der Waals surface area (Å²) in [5, 5.41) is 2.05. The number of ether oxygens (including phenoxy) is 2. The minimum Gasteiger partial charge on any atom is -0.497 e. The minimum atomic E-state index is -3.56. The molecule has 1 N–H and O–H groups in total. The van der Waals surface area contributed by atoms with Gasteiger partial charge in [-0.3, -0.25) is 4.79 Å². The van der Waals surface area contributed by atoms with Crippen molar-refractivity contribution >= 4 is 26.8 Å². The smallest absolute Gasteiger partial charge is 0.313 e. The van der Waals surface area contributed by atoms with Gasteiger partial charge in [0, 0.05) is 6.54 Å². The third-order valence-corrected chi connectivity index (χ3v) is 6.59. The van der Waals surface area contributed by atoms with Crippen LogP contribution in [0.5, 0.6) is 5.75 Å². The first-order chi connectivity index (χ1) is 14.8. The highest BCUT2D eigenvalue weighted by atomic mass is 32.2. The Hall–Kier alpha value is -2.90. The number of sulfonamides is 1. The van der Waals surface area contributed by atoms with Gasteiger partial charge in [-0.25, -0.2) is 13.1 Å². The lowest BCUT2D eigenvalue weighted by Gasteiger charge is -2.13. The molecular weight excluding hydrogens is 414 g/mol. The highest BCUT2D eigenvalue weighted by Crippen LogP contribution is 2.25. The van der Waals surface area contributed by atoms with E-state index in [1.807, 2.05) is 43.3 Å². The third-order valence-electron chi connectivity index (χ3n) is 5.11. The Kier molecular flexibility index (Phi) is 7.30. The molecule has 1 unspecified atom stereocenters. The first-order valence-electron chi connectivity index (χ1n) is 10.1. The number of benzene rings is 3. The van der Waals surface area contributed by atoms with Crippen LogP contribution in [0.25, 0.3) is 10.8 Å². The summed E-state index contributed by atoms with van der Waals surface area (Å²) in [6, 6.07) is 18.2. The van der Waals surface area contributed by atoms with Crippen LogP contribution >= 0.6 is 0 Å². The lowest BCUT2D eigenvalue weighted by Crippen LogP contribution is -2.26. The summed E-state index contributed by atoms with van der Waals surface area (Å²) in [6.07, 6.45) is 0.390. The van der Waals surface area contributed by atoms with Crippen molar-refractivity contribution in [1.82, 2.24) is 4.72 Å². The number of methoxy groups -OCH3 is 1. The first-order valence-corrected chi connectivity index (χ1v) is 11.6. The van der Waals surface area contributed by atoms with Crippen molar-refractivity contribution in [3.05, 3.63) is 71.8 Å². The summed E-state index contributed by atoms with van der Waals surface area (Å²) in [5.41, 5.74) is 1.86. The molecule has 31 heavy (non-hydrogen) atoms. The molecule has 3 aromatic rings. The second-order valence-corrected chi connectivity index (χ2v) is 9.19. The summed E-state index contributed by atoms with van der Waals surface area (Å²) in [5.74, 6) is 0.0238. The summed E-state index contributed by atoms with van der Waals surface area (Å²) < 4.78 is 37.6. The number of esters is 1.